The van der Waals surface area contributed by atoms with Crippen LogP contribution in [0.3, 0.4) is 0 Å². The van der Waals surface area contributed by atoms with Gasteiger partial charge >= 0.3 is 36.4 Å². The summed E-state index contributed by atoms with van der Waals surface area (Å²) >= 11 is 3.91. The maximum atomic E-state index is 5.62. The molecule has 1 rings (SSSR count). The van der Waals surface area contributed by atoms with E-state index >= 15 is 0 Å². The van der Waals surface area contributed by atoms with E-state index in [0.29, 0.717) is 0 Å². The molecule has 0 saturated carbocycles. The Bertz CT molecular complexity index is 258. The van der Waals surface area contributed by atoms with E-state index in [1.54, 1.807) is 0 Å². The molecule has 2 N–H and O–H groups in total. The Labute approximate surface area is 95.9 Å². The van der Waals surface area contributed by atoms with Crippen molar-refractivity contribution in [3.8, 4) is 0 Å². The fourth-order valence-electron chi connectivity index (χ4n) is 0.795. The molecule has 13 heavy (non-hydrogen) atoms. The summed E-state index contributed by atoms with van der Waals surface area (Å²) in [6, 6.07) is 5.72. The van der Waals surface area contributed by atoms with Crippen LogP contribution in [0.1, 0.15) is 0 Å². The van der Waals surface area contributed by atoms with Crippen molar-refractivity contribution in [3.63, 3.8) is 0 Å². The molecule has 0 fully saturated rings. The molecule has 0 bridgehead atoms. The number of nitrogens with zero attached hydrogens (tertiary/aromatic N) is 1. The number of pyridine rings is 1. The summed E-state index contributed by atoms with van der Waals surface area (Å²) in [5, 5.41) is 0. The van der Waals surface area contributed by atoms with Gasteiger partial charge in [0.05, 0.1) is 6.20 Å². The normalized spacial score (nSPS) is 8.77. The third-order valence-electron chi connectivity index (χ3n) is 1.30. The van der Waals surface area contributed by atoms with Gasteiger partial charge in [-0.15, -0.1) is 0 Å². The molecule has 0 aromatic carbocycles. The van der Waals surface area contributed by atoms with Gasteiger partial charge in [-0.3, -0.25) is 5.73 Å². The molecule has 0 aliphatic heterocycles. The van der Waals surface area contributed by atoms with E-state index in [-0.39, 0.29) is 0 Å². The van der Waals surface area contributed by atoms with Crippen LogP contribution in [0.15, 0.2) is 37.1 Å². The van der Waals surface area contributed by atoms with Crippen LogP contribution < -0.4 is 10.3 Å². The zero-order valence-electron chi connectivity index (χ0n) is 6.88. The fraction of sp³-hybridized carbons (Fsp3) is 0.125. The van der Waals surface area contributed by atoms with Crippen molar-refractivity contribution in [2.75, 3.05) is 5.73 Å². The third kappa shape index (κ3) is 6.10. The van der Waals surface area contributed by atoms with E-state index in [1.807, 2.05) is 35.0 Å². The molecule has 1 aromatic rings. The van der Waals surface area contributed by atoms with Crippen LogP contribution >= 0.6 is 24.2 Å². The Hall–Kier alpha value is -0.0205. The number of anilines is 1. The summed E-state index contributed by atoms with van der Waals surface area (Å²) in [5.41, 5.74) is 5.62. The zero-order valence-corrected chi connectivity index (χ0v) is 10.2. The molecule has 0 atom stereocenters. The van der Waals surface area contributed by atoms with Crippen molar-refractivity contribution < 1.29 is 16.8 Å². The van der Waals surface area contributed by atoms with Crippen molar-refractivity contribution >= 4 is 30.0 Å². The number of nitrogens with two attached hydrogens (primary N) is 1. The Kier molecular flexibility index (Phi) is 8.56. The summed E-state index contributed by atoms with van der Waals surface area (Å²) < 4.78 is 1.92. The molecule has 5 heteroatoms. The Morgan fingerprint density at radius 2 is 2.31 bits per heavy atom. The van der Waals surface area contributed by atoms with Crippen molar-refractivity contribution in [2.45, 2.75) is 6.54 Å². The van der Waals surface area contributed by atoms with Crippen LogP contribution in [-0.4, -0.2) is 0 Å². The fourth-order valence-corrected chi connectivity index (χ4v) is 0.795. The van der Waals surface area contributed by atoms with Gasteiger partial charge in [0.25, 0.3) is 5.82 Å². The number of allylic oxidation sites excluding steroid dienone is 1. The standard InChI is InChI=1S/C8H10N2.BrH.ClH.Cu/c1-2-6-10-7-4-3-5-8(10)9;;;/h2-5,7,9H,1,6H2;2*1H;/q;;;+1/p-1. The number of rotatable bonds is 2. The van der Waals surface area contributed by atoms with Crippen LogP contribution in [0.5, 0.6) is 0 Å². The number of aromatic nitrogens is 1. The first-order valence-electron chi connectivity index (χ1n) is 3.42. The quantitative estimate of drug-likeness (QED) is 0.507. The molecule has 0 aliphatic carbocycles. The van der Waals surface area contributed by atoms with E-state index in [0.717, 1.165) is 24.6 Å². The van der Waals surface area contributed by atoms with Crippen LogP contribution in [0.4, 0.5) is 5.82 Å². The molecule has 78 valence electrons. The third-order valence-corrected chi connectivity index (χ3v) is 1.30. The molecular weight excluding hydrogens is 303 g/mol. The van der Waals surface area contributed by atoms with Gasteiger partial charge in [-0.25, -0.2) is 4.57 Å². The summed E-state index contributed by atoms with van der Waals surface area (Å²) in [5.74, 6) is 0.766. The van der Waals surface area contributed by atoms with Gasteiger partial charge in [0, 0.05) is 6.07 Å². The Balaban J connectivity index is 0.000000424. The molecule has 1 aromatic heterocycles. The molecular formula is C8H11BrClCuN2. The van der Waals surface area contributed by atoms with Crippen LogP contribution in [0.2, 0.25) is 0 Å². The summed E-state index contributed by atoms with van der Waals surface area (Å²) in [6.07, 6.45) is 3.74. The van der Waals surface area contributed by atoms with Gasteiger partial charge in [0.2, 0.25) is 0 Å². The monoisotopic (exact) mass is 312 g/mol. The Morgan fingerprint density at radius 3 is 2.77 bits per heavy atom. The number of hydrogen-bond donors (Lipinski definition) is 1. The van der Waals surface area contributed by atoms with Crippen molar-refractivity contribution in [3.05, 3.63) is 37.1 Å². The van der Waals surface area contributed by atoms with Gasteiger partial charge in [-0.05, 0) is 6.07 Å². The van der Waals surface area contributed by atoms with Gasteiger partial charge in [0.15, 0.2) is 0 Å². The second-order valence-corrected chi connectivity index (χ2v) is 4.83. The van der Waals surface area contributed by atoms with Gasteiger partial charge in [-0.2, -0.15) is 0 Å². The molecule has 0 saturated heterocycles. The first-order valence-corrected chi connectivity index (χ1v) is 7.04. The van der Waals surface area contributed by atoms with Crippen LogP contribution in [0.25, 0.3) is 0 Å². The van der Waals surface area contributed by atoms with Gasteiger partial charge < -0.3 is 0 Å². The van der Waals surface area contributed by atoms with Gasteiger partial charge in [0.1, 0.15) is 6.54 Å². The SMILES string of the molecule is C=CC[n+]1ccccc1N.[Cl][Cu-][Br]. The molecule has 1 heterocycles. The summed E-state index contributed by atoms with van der Waals surface area (Å²) in [7, 11) is 4.82. The number of hydrogen-bond acceptors (Lipinski definition) is 1. The minimum atomic E-state index is 0.766. The van der Waals surface area contributed by atoms with Gasteiger partial charge in [-0.1, -0.05) is 18.7 Å². The molecule has 2 nitrogen and oxygen atoms in total. The van der Waals surface area contributed by atoms with E-state index in [2.05, 4.69) is 20.7 Å². The predicted octanol–water partition coefficient (Wildman–Crippen LogP) is 2.27. The summed E-state index contributed by atoms with van der Waals surface area (Å²) in [4.78, 5) is 0. The molecule has 0 radical (unpaired) electrons. The minimum absolute atomic E-state index is 0.766. The van der Waals surface area contributed by atoms with Crippen LogP contribution in [-0.2, 0) is 18.8 Å². The molecule has 0 spiro atoms. The molecule has 0 aliphatic rings. The second kappa shape index (κ2) is 8.57. The zero-order chi connectivity index (χ0) is 10.1. The topological polar surface area (TPSA) is 29.9 Å². The van der Waals surface area contributed by atoms with E-state index < -0.39 is 0 Å². The average Bonchev–Trinajstić information content (AvgIpc) is 2.11. The molecule has 0 unspecified atom stereocenters. The van der Waals surface area contributed by atoms with Crippen molar-refractivity contribution in [1.82, 2.24) is 0 Å². The maximum absolute atomic E-state index is 5.62. The van der Waals surface area contributed by atoms with Crippen molar-refractivity contribution in [1.29, 1.82) is 0 Å². The van der Waals surface area contributed by atoms with E-state index in [9.17, 15) is 0 Å². The van der Waals surface area contributed by atoms with E-state index in [1.165, 1.54) is 0 Å². The van der Waals surface area contributed by atoms with Crippen molar-refractivity contribution in [2.24, 2.45) is 0 Å². The first kappa shape index (κ1) is 13.0. The number of nitrogen functional groups attached to an aromatic ring is 1. The van der Waals surface area contributed by atoms with Crippen LogP contribution in [0, 0.1) is 0 Å². The summed E-state index contributed by atoms with van der Waals surface area (Å²) in [6.45, 7) is 4.39. The molecule has 0 amide bonds. The first-order chi connectivity index (χ1) is 6.26. The average molecular weight is 314 g/mol. The van der Waals surface area contributed by atoms with E-state index in [4.69, 9.17) is 15.8 Å². The number of halogens is 2. The Morgan fingerprint density at radius 1 is 1.69 bits per heavy atom. The second-order valence-electron chi connectivity index (χ2n) is 2.11. The predicted molar refractivity (Wildman–Crippen MR) is 56.0 cm³/mol.